The summed E-state index contributed by atoms with van der Waals surface area (Å²) < 4.78 is 7.43. The van der Waals surface area contributed by atoms with Gasteiger partial charge in [-0.3, -0.25) is 0 Å². The van der Waals surface area contributed by atoms with Gasteiger partial charge in [0.15, 0.2) is 11.0 Å². The molecule has 0 spiro atoms. The largest absolute Gasteiger partial charge is 0.384 e. The number of piperidine rings is 1. The average molecular weight is 353 g/mol. The van der Waals surface area contributed by atoms with Gasteiger partial charge in [0.05, 0.1) is 11.5 Å². The van der Waals surface area contributed by atoms with Crippen LogP contribution in [-0.2, 0) is 11.3 Å². The molecule has 2 aromatic rings. The van der Waals surface area contributed by atoms with E-state index in [1.165, 1.54) is 37.2 Å². The van der Waals surface area contributed by atoms with Crippen LogP contribution in [0.1, 0.15) is 19.3 Å². The number of hydrogen-bond acceptors (Lipinski definition) is 6. The number of ether oxygens (including phenoxy) is 1. The van der Waals surface area contributed by atoms with E-state index in [2.05, 4.69) is 37.2 Å². The zero-order chi connectivity index (χ0) is 15.9. The van der Waals surface area contributed by atoms with Crippen LogP contribution in [0, 0.1) is 0 Å². The molecule has 0 atom stereocenters. The maximum atomic E-state index is 5.15. The maximum Gasteiger partial charge on any atom is 0.191 e. The number of thiophene rings is 1. The summed E-state index contributed by atoms with van der Waals surface area (Å²) in [6.45, 7) is 5.22. The van der Waals surface area contributed by atoms with E-state index in [9.17, 15) is 0 Å². The second-order valence-corrected chi connectivity index (χ2v) is 7.69. The lowest BCUT2D eigenvalue weighted by molar-refractivity contribution is 0.217. The van der Waals surface area contributed by atoms with Gasteiger partial charge in [-0.05, 0) is 37.4 Å². The molecule has 1 saturated heterocycles. The lowest BCUT2D eigenvalue weighted by atomic mass is 10.1. The topological polar surface area (TPSA) is 43.2 Å². The Kier molecular flexibility index (Phi) is 6.50. The highest BCUT2D eigenvalue weighted by Gasteiger charge is 2.17. The molecule has 1 aliphatic heterocycles. The van der Waals surface area contributed by atoms with Crippen LogP contribution >= 0.6 is 23.1 Å². The van der Waals surface area contributed by atoms with Crippen LogP contribution in [0.15, 0.2) is 22.7 Å². The van der Waals surface area contributed by atoms with Crippen molar-refractivity contribution in [3.05, 3.63) is 17.5 Å². The summed E-state index contributed by atoms with van der Waals surface area (Å²) in [5.74, 6) is 1.90. The standard InChI is InChI=1S/C16H24N4OS2/c1-21-11-13-23-16-18-17-15(14-6-5-12-22-14)20(16)10-9-19-7-3-2-4-8-19/h5-6,12H,2-4,7-11,13H2,1H3. The van der Waals surface area contributed by atoms with E-state index in [-0.39, 0.29) is 0 Å². The zero-order valence-electron chi connectivity index (χ0n) is 13.6. The molecule has 0 N–H and O–H groups in total. The van der Waals surface area contributed by atoms with Gasteiger partial charge in [-0.1, -0.05) is 24.2 Å². The van der Waals surface area contributed by atoms with Crippen LogP contribution in [0.5, 0.6) is 0 Å². The van der Waals surface area contributed by atoms with Gasteiger partial charge in [0, 0.05) is 26.0 Å². The molecule has 126 valence electrons. The van der Waals surface area contributed by atoms with Crippen LogP contribution in [0.25, 0.3) is 10.7 Å². The number of rotatable bonds is 8. The molecule has 0 aliphatic carbocycles. The fraction of sp³-hybridized carbons (Fsp3) is 0.625. The van der Waals surface area contributed by atoms with Crippen LogP contribution in [0.3, 0.4) is 0 Å². The number of aromatic nitrogens is 3. The van der Waals surface area contributed by atoms with Crippen LogP contribution in [0.2, 0.25) is 0 Å². The van der Waals surface area contributed by atoms with Gasteiger partial charge in [0.1, 0.15) is 0 Å². The van der Waals surface area contributed by atoms with Gasteiger partial charge in [-0.15, -0.1) is 21.5 Å². The van der Waals surface area contributed by atoms with Gasteiger partial charge in [0.25, 0.3) is 0 Å². The summed E-state index contributed by atoms with van der Waals surface area (Å²) in [7, 11) is 1.73. The summed E-state index contributed by atoms with van der Waals surface area (Å²) in [5.41, 5.74) is 0. The quantitative estimate of drug-likeness (QED) is 0.539. The smallest absolute Gasteiger partial charge is 0.191 e. The zero-order valence-corrected chi connectivity index (χ0v) is 15.2. The minimum Gasteiger partial charge on any atom is -0.384 e. The van der Waals surface area contributed by atoms with Gasteiger partial charge >= 0.3 is 0 Å². The fourth-order valence-corrected chi connectivity index (χ4v) is 4.41. The summed E-state index contributed by atoms with van der Waals surface area (Å²) in [6.07, 6.45) is 4.03. The Hall–Kier alpha value is -0.890. The first kappa shape index (κ1) is 17.0. The average Bonchev–Trinajstić information content (AvgIpc) is 3.23. The van der Waals surface area contributed by atoms with E-state index in [1.54, 1.807) is 30.2 Å². The van der Waals surface area contributed by atoms with E-state index in [0.717, 1.165) is 36.4 Å². The number of hydrogen-bond donors (Lipinski definition) is 0. The molecule has 0 unspecified atom stereocenters. The Labute approximate surface area is 146 Å². The Balaban J connectivity index is 1.71. The molecule has 0 bridgehead atoms. The molecule has 3 heterocycles. The molecule has 0 radical (unpaired) electrons. The van der Waals surface area contributed by atoms with Crippen molar-refractivity contribution in [1.82, 2.24) is 19.7 Å². The normalized spacial score (nSPS) is 16.0. The molecule has 23 heavy (non-hydrogen) atoms. The SMILES string of the molecule is COCCSc1nnc(-c2cccs2)n1CCN1CCCCC1. The number of methoxy groups -OCH3 is 1. The summed E-state index contributed by atoms with van der Waals surface area (Å²) in [4.78, 5) is 3.75. The van der Waals surface area contributed by atoms with Crippen LogP contribution < -0.4 is 0 Å². The monoisotopic (exact) mass is 352 g/mol. The molecule has 0 aromatic carbocycles. The van der Waals surface area contributed by atoms with Gasteiger partial charge in [-0.2, -0.15) is 0 Å². The summed E-state index contributed by atoms with van der Waals surface area (Å²) in [5, 5.41) is 12.0. The lowest BCUT2D eigenvalue weighted by Crippen LogP contribution is -2.32. The highest BCUT2D eigenvalue weighted by molar-refractivity contribution is 7.99. The van der Waals surface area contributed by atoms with Crippen LogP contribution in [-0.4, -0.2) is 58.8 Å². The molecular formula is C16H24N4OS2. The maximum absolute atomic E-state index is 5.15. The van der Waals surface area contributed by atoms with Crippen molar-refractivity contribution < 1.29 is 4.74 Å². The van der Waals surface area contributed by atoms with E-state index >= 15 is 0 Å². The minimum absolute atomic E-state index is 0.734. The summed E-state index contributed by atoms with van der Waals surface area (Å²) in [6, 6.07) is 4.19. The van der Waals surface area contributed by atoms with Crippen molar-refractivity contribution in [3.63, 3.8) is 0 Å². The third kappa shape index (κ3) is 4.56. The molecule has 7 heteroatoms. The molecule has 0 amide bonds. The van der Waals surface area contributed by atoms with Crippen molar-refractivity contribution in [2.45, 2.75) is 31.0 Å². The Morgan fingerprint density at radius 1 is 1.22 bits per heavy atom. The predicted octanol–water partition coefficient (Wildman–Crippen LogP) is 3.23. The Morgan fingerprint density at radius 3 is 2.83 bits per heavy atom. The van der Waals surface area contributed by atoms with Crippen molar-refractivity contribution in [2.75, 3.05) is 39.1 Å². The second-order valence-electron chi connectivity index (χ2n) is 5.68. The lowest BCUT2D eigenvalue weighted by Gasteiger charge is -2.26. The van der Waals surface area contributed by atoms with Crippen molar-refractivity contribution >= 4 is 23.1 Å². The highest BCUT2D eigenvalue weighted by atomic mass is 32.2. The Morgan fingerprint density at radius 2 is 2.09 bits per heavy atom. The number of thioether (sulfide) groups is 1. The molecule has 1 fully saturated rings. The van der Waals surface area contributed by atoms with Crippen LogP contribution in [0.4, 0.5) is 0 Å². The fourth-order valence-electron chi connectivity index (χ4n) is 2.83. The Bertz CT molecular complexity index is 579. The third-order valence-electron chi connectivity index (χ3n) is 4.07. The van der Waals surface area contributed by atoms with Gasteiger partial charge in [0.2, 0.25) is 0 Å². The molecular weight excluding hydrogens is 328 g/mol. The van der Waals surface area contributed by atoms with E-state index < -0.39 is 0 Å². The molecule has 3 rings (SSSR count). The van der Waals surface area contributed by atoms with Crippen molar-refractivity contribution in [3.8, 4) is 10.7 Å². The highest BCUT2D eigenvalue weighted by Crippen LogP contribution is 2.27. The van der Waals surface area contributed by atoms with Gasteiger partial charge in [-0.25, -0.2) is 0 Å². The minimum atomic E-state index is 0.734. The second kappa shape index (κ2) is 8.82. The first-order chi connectivity index (χ1) is 11.4. The first-order valence-corrected chi connectivity index (χ1v) is 10.1. The van der Waals surface area contributed by atoms with Gasteiger partial charge < -0.3 is 14.2 Å². The van der Waals surface area contributed by atoms with E-state index in [0.29, 0.717) is 0 Å². The molecule has 2 aromatic heterocycles. The van der Waals surface area contributed by atoms with E-state index in [4.69, 9.17) is 4.74 Å². The molecule has 0 saturated carbocycles. The predicted molar refractivity (Wildman–Crippen MR) is 96.2 cm³/mol. The van der Waals surface area contributed by atoms with Crippen molar-refractivity contribution in [2.24, 2.45) is 0 Å². The van der Waals surface area contributed by atoms with Crippen molar-refractivity contribution in [1.29, 1.82) is 0 Å². The van der Waals surface area contributed by atoms with E-state index in [1.807, 2.05) is 0 Å². The first-order valence-electron chi connectivity index (χ1n) is 8.19. The number of nitrogens with zero attached hydrogens (tertiary/aromatic N) is 4. The molecule has 1 aliphatic rings. The molecule has 5 nitrogen and oxygen atoms in total. The third-order valence-corrected chi connectivity index (χ3v) is 5.86. The number of likely N-dealkylation sites (tertiary alicyclic amines) is 1. The summed E-state index contributed by atoms with van der Waals surface area (Å²) >= 11 is 3.45.